The molecule has 1 N–H and O–H groups in total. The Morgan fingerprint density at radius 1 is 1.39 bits per heavy atom. The van der Waals surface area contributed by atoms with Gasteiger partial charge in [0, 0.05) is 6.54 Å². The molecule has 2 rings (SSSR count). The summed E-state index contributed by atoms with van der Waals surface area (Å²) in [7, 11) is 0. The van der Waals surface area contributed by atoms with E-state index in [0.717, 1.165) is 12.8 Å². The smallest absolute Gasteiger partial charge is 0.326 e. The van der Waals surface area contributed by atoms with Crippen molar-refractivity contribution >= 4 is 23.5 Å². The van der Waals surface area contributed by atoms with Crippen LogP contribution in [0.3, 0.4) is 0 Å². The molecule has 1 saturated heterocycles. The van der Waals surface area contributed by atoms with Gasteiger partial charge in [-0.2, -0.15) is 0 Å². The van der Waals surface area contributed by atoms with Crippen molar-refractivity contribution < 1.29 is 14.7 Å². The number of carbonyl (C=O) groups excluding carboxylic acids is 1. The first-order valence-electron chi connectivity index (χ1n) is 5.61. The molecule has 1 amide bonds. The first-order chi connectivity index (χ1) is 8.59. The number of hydrogen-bond donors (Lipinski definition) is 1. The Morgan fingerprint density at radius 2 is 2.17 bits per heavy atom. The standard InChI is InChI=1S/C11H12ClN3O3/c12-9-6-13-5-7(14-9)10(16)15-4-2-1-3-8(15)11(17)18/h5-6,8H,1-4H2,(H,17,18). The molecule has 0 saturated carbocycles. The molecule has 1 unspecified atom stereocenters. The summed E-state index contributed by atoms with van der Waals surface area (Å²) in [5.41, 5.74) is 0.0793. The van der Waals surface area contributed by atoms with Crippen LogP contribution in [-0.2, 0) is 4.79 Å². The van der Waals surface area contributed by atoms with Gasteiger partial charge in [-0.05, 0) is 19.3 Å². The van der Waals surface area contributed by atoms with Crippen LogP contribution in [0.15, 0.2) is 12.4 Å². The highest BCUT2D eigenvalue weighted by Crippen LogP contribution is 2.19. The maximum Gasteiger partial charge on any atom is 0.326 e. The van der Waals surface area contributed by atoms with Gasteiger partial charge in [-0.1, -0.05) is 11.6 Å². The van der Waals surface area contributed by atoms with Crippen molar-refractivity contribution in [1.82, 2.24) is 14.9 Å². The summed E-state index contributed by atoms with van der Waals surface area (Å²) < 4.78 is 0. The fraction of sp³-hybridized carbons (Fsp3) is 0.455. The molecule has 0 spiro atoms. The average molecular weight is 270 g/mol. The fourth-order valence-electron chi connectivity index (χ4n) is 2.02. The number of carboxylic acids is 1. The number of carbonyl (C=O) groups is 2. The summed E-state index contributed by atoms with van der Waals surface area (Å²) in [5.74, 6) is -1.42. The zero-order chi connectivity index (χ0) is 13.1. The molecule has 1 fully saturated rings. The monoisotopic (exact) mass is 269 g/mol. The Hall–Kier alpha value is -1.69. The van der Waals surface area contributed by atoms with Gasteiger partial charge in [-0.15, -0.1) is 0 Å². The molecule has 96 valence electrons. The van der Waals surface area contributed by atoms with Crippen LogP contribution in [0.4, 0.5) is 0 Å². The van der Waals surface area contributed by atoms with Crippen molar-refractivity contribution in [3.8, 4) is 0 Å². The van der Waals surface area contributed by atoms with Crippen molar-refractivity contribution in [3.63, 3.8) is 0 Å². The predicted octanol–water partition coefficient (Wildman–Crippen LogP) is 1.21. The molecular formula is C11H12ClN3O3. The van der Waals surface area contributed by atoms with Gasteiger partial charge in [0.05, 0.1) is 12.4 Å². The minimum atomic E-state index is -0.988. The number of likely N-dealkylation sites (tertiary alicyclic amines) is 1. The highest BCUT2D eigenvalue weighted by atomic mass is 35.5. The van der Waals surface area contributed by atoms with Crippen molar-refractivity contribution in [1.29, 1.82) is 0 Å². The van der Waals surface area contributed by atoms with Gasteiger partial charge in [-0.25, -0.2) is 9.78 Å². The minimum Gasteiger partial charge on any atom is -0.480 e. The summed E-state index contributed by atoms with van der Waals surface area (Å²) in [5, 5.41) is 9.22. The molecule has 1 aromatic rings. The molecule has 0 radical (unpaired) electrons. The molecule has 0 aliphatic carbocycles. The number of carboxylic acid groups (broad SMARTS) is 1. The van der Waals surface area contributed by atoms with Crippen molar-refractivity contribution in [2.75, 3.05) is 6.54 Å². The van der Waals surface area contributed by atoms with Crippen LogP contribution < -0.4 is 0 Å². The third-order valence-corrected chi connectivity index (χ3v) is 3.06. The van der Waals surface area contributed by atoms with Crippen LogP contribution in [0.2, 0.25) is 5.15 Å². The molecule has 6 nitrogen and oxygen atoms in total. The van der Waals surface area contributed by atoms with Gasteiger partial charge in [0.15, 0.2) is 0 Å². The van der Waals surface area contributed by atoms with Crippen molar-refractivity contribution in [3.05, 3.63) is 23.2 Å². The van der Waals surface area contributed by atoms with Crippen LogP contribution >= 0.6 is 11.6 Å². The Bertz CT molecular complexity index is 480. The van der Waals surface area contributed by atoms with Gasteiger partial charge < -0.3 is 10.0 Å². The lowest BCUT2D eigenvalue weighted by atomic mass is 10.0. The maximum atomic E-state index is 12.2. The molecule has 2 heterocycles. The summed E-state index contributed by atoms with van der Waals surface area (Å²) in [6.07, 6.45) is 4.69. The molecule has 7 heteroatoms. The average Bonchev–Trinajstić information content (AvgIpc) is 2.38. The van der Waals surface area contributed by atoms with E-state index in [-0.39, 0.29) is 10.8 Å². The molecule has 1 atom stereocenters. The van der Waals surface area contributed by atoms with E-state index >= 15 is 0 Å². The van der Waals surface area contributed by atoms with Crippen molar-refractivity contribution in [2.24, 2.45) is 0 Å². The minimum absolute atomic E-state index is 0.0793. The lowest BCUT2D eigenvalue weighted by Gasteiger charge is -2.32. The predicted molar refractivity (Wildman–Crippen MR) is 63.4 cm³/mol. The fourth-order valence-corrected chi connectivity index (χ4v) is 2.17. The zero-order valence-electron chi connectivity index (χ0n) is 9.54. The summed E-state index contributed by atoms with van der Waals surface area (Å²) >= 11 is 5.67. The first-order valence-corrected chi connectivity index (χ1v) is 5.98. The number of hydrogen-bond acceptors (Lipinski definition) is 4. The number of piperidine rings is 1. The molecule has 0 aromatic carbocycles. The Labute approximate surface area is 109 Å². The first kappa shape index (κ1) is 12.8. The van der Waals surface area contributed by atoms with Gasteiger partial charge in [0.1, 0.15) is 16.9 Å². The van der Waals surface area contributed by atoms with Crippen LogP contribution in [0.25, 0.3) is 0 Å². The van der Waals surface area contributed by atoms with E-state index in [1.165, 1.54) is 17.3 Å². The van der Waals surface area contributed by atoms with E-state index < -0.39 is 17.9 Å². The maximum absolute atomic E-state index is 12.2. The largest absolute Gasteiger partial charge is 0.480 e. The van der Waals surface area contributed by atoms with Gasteiger partial charge in [-0.3, -0.25) is 9.78 Å². The lowest BCUT2D eigenvalue weighted by Crippen LogP contribution is -2.48. The van der Waals surface area contributed by atoms with Crippen molar-refractivity contribution in [2.45, 2.75) is 25.3 Å². The Kier molecular flexibility index (Phi) is 3.76. The second kappa shape index (κ2) is 5.30. The lowest BCUT2D eigenvalue weighted by molar-refractivity contribution is -0.143. The summed E-state index contributed by atoms with van der Waals surface area (Å²) in [6, 6.07) is -0.785. The van der Waals surface area contributed by atoms with E-state index in [9.17, 15) is 9.59 Å². The van der Waals surface area contributed by atoms with E-state index in [1.807, 2.05) is 0 Å². The number of halogens is 1. The van der Waals surface area contributed by atoms with E-state index in [4.69, 9.17) is 16.7 Å². The molecule has 1 aromatic heterocycles. The van der Waals surface area contributed by atoms with E-state index in [2.05, 4.69) is 9.97 Å². The van der Waals surface area contributed by atoms with E-state index in [0.29, 0.717) is 13.0 Å². The molecule has 1 aliphatic rings. The second-order valence-corrected chi connectivity index (χ2v) is 4.46. The number of amides is 1. The normalized spacial score (nSPS) is 19.6. The summed E-state index contributed by atoms with van der Waals surface area (Å²) in [4.78, 5) is 32.2. The van der Waals surface area contributed by atoms with Crippen LogP contribution in [-0.4, -0.2) is 44.4 Å². The highest BCUT2D eigenvalue weighted by molar-refractivity contribution is 6.29. The number of nitrogens with zero attached hydrogens (tertiary/aromatic N) is 3. The Balaban J connectivity index is 2.23. The molecule has 18 heavy (non-hydrogen) atoms. The third-order valence-electron chi connectivity index (χ3n) is 2.87. The van der Waals surface area contributed by atoms with Crippen LogP contribution in [0, 0.1) is 0 Å². The zero-order valence-corrected chi connectivity index (χ0v) is 10.3. The topological polar surface area (TPSA) is 83.4 Å². The third kappa shape index (κ3) is 2.59. The molecular weight excluding hydrogens is 258 g/mol. The van der Waals surface area contributed by atoms with Gasteiger partial charge in [0.25, 0.3) is 5.91 Å². The highest BCUT2D eigenvalue weighted by Gasteiger charge is 2.33. The number of aromatic nitrogens is 2. The SMILES string of the molecule is O=C(O)C1CCCCN1C(=O)c1cncc(Cl)n1. The Morgan fingerprint density at radius 3 is 2.83 bits per heavy atom. The van der Waals surface area contributed by atoms with Crippen LogP contribution in [0.1, 0.15) is 29.8 Å². The van der Waals surface area contributed by atoms with Crippen LogP contribution in [0.5, 0.6) is 0 Å². The number of aliphatic carboxylic acids is 1. The van der Waals surface area contributed by atoms with E-state index in [1.54, 1.807) is 0 Å². The molecule has 1 aliphatic heterocycles. The number of rotatable bonds is 2. The second-order valence-electron chi connectivity index (χ2n) is 4.08. The molecule has 0 bridgehead atoms. The van der Waals surface area contributed by atoms with Gasteiger partial charge >= 0.3 is 5.97 Å². The van der Waals surface area contributed by atoms with Gasteiger partial charge in [0.2, 0.25) is 0 Å². The summed E-state index contributed by atoms with van der Waals surface area (Å²) in [6.45, 7) is 0.421. The quantitative estimate of drug-likeness (QED) is 0.872.